The molecule has 0 unspecified atom stereocenters. The van der Waals surface area contributed by atoms with Gasteiger partial charge in [-0.05, 0) is 24.3 Å². The zero-order valence-corrected chi connectivity index (χ0v) is 17.0. The molecular weight excluding hydrogens is 434 g/mol. The summed E-state index contributed by atoms with van der Waals surface area (Å²) in [6.45, 7) is 0. The van der Waals surface area contributed by atoms with Crippen molar-refractivity contribution in [2.45, 2.75) is 10.9 Å². The Hall–Kier alpha value is -4.32. The van der Waals surface area contributed by atoms with Crippen molar-refractivity contribution in [3.8, 4) is 17.1 Å². The van der Waals surface area contributed by atoms with E-state index in [1.807, 2.05) is 30.3 Å². The molecule has 0 fully saturated rings. The first-order chi connectivity index (χ1) is 15.6. The number of non-ortho nitro benzene ring substituents is 1. The van der Waals surface area contributed by atoms with Gasteiger partial charge < -0.3 is 9.51 Å². The van der Waals surface area contributed by atoms with Gasteiger partial charge >= 0.3 is 0 Å². The topological polar surface area (TPSA) is 146 Å². The molecule has 0 saturated heterocycles. The van der Waals surface area contributed by atoms with Crippen molar-refractivity contribution in [1.29, 1.82) is 0 Å². The number of aromatic amines is 1. The van der Waals surface area contributed by atoms with Gasteiger partial charge in [0, 0.05) is 17.7 Å². The van der Waals surface area contributed by atoms with Crippen LogP contribution in [0.25, 0.3) is 28.1 Å². The molecule has 0 amide bonds. The fourth-order valence-electron chi connectivity index (χ4n) is 3.02. The predicted octanol–water partition coefficient (Wildman–Crippen LogP) is 3.36. The number of nitro groups is 1. The molecule has 0 aliphatic heterocycles. The van der Waals surface area contributed by atoms with Gasteiger partial charge in [0.25, 0.3) is 11.2 Å². The number of fused-ring (bicyclic) bond motifs is 1. The summed E-state index contributed by atoms with van der Waals surface area (Å²) in [5, 5.41) is 19.7. The minimum atomic E-state index is -0.476. The van der Waals surface area contributed by atoms with Gasteiger partial charge in [-0.3, -0.25) is 14.9 Å². The largest absolute Gasteiger partial charge is 0.338 e. The molecule has 1 N–H and O–H groups in total. The molecular formula is C20H13N7O4S. The molecule has 2 aromatic carbocycles. The van der Waals surface area contributed by atoms with E-state index in [2.05, 4.69) is 25.2 Å². The van der Waals surface area contributed by atoms with Crippen molar-refractivity contribution in [3.63, 3.8) is 0 Å². The lowest BCUT2D eigenvalue weighted by molar-refractivity contribution is -0.384. The van der Waals surface area contributed by atoms with E-state index in [-0.39, 0.29) is 17.0 Å². The summed E-state index contributed by atoms with van der Waals surface area (Å²) in [7, 11) is 0. The fraction of sp³-hybridized carbons (Fsp3) is 0.0500. The number of para-hydroxylation sites is 1. The SMILES string of the molecule is O=c1[nH]c(SCc2nc(-c3ccc([N+](=O)[O-])cc3)no2)nc2c1cnn2-c1ccccc1. The van der Waals surface area contributed by atoms with Crippen molar-refractivity contribution >= 4 is 28.5 Å². The van der Waals surface area contributed by atoms with Crippen molar-refractivity contribution < 1.29 is 9.45 Å². The van der Waals surface area contributed by atoms with Crippen LogP contribution in [0.1, 0.15) is 5.89 Å². The number of hydrogen-bond acceptors (Lipinski definition) is 9. The number of aromatic nitrogens is 6. The molecule has 5 rings (SSSR count). The zero-order valence-electron chi connectivity index (χ0n) is 16.2. The highest BCUT2D eigenvalue weighted by atomic mass is 32.2. The molecule has 0 atom stereocenters. The minimum Gasteiger partial charge on any atom is -0.338 e. The Morgan fingerprint density at radius 1 is 1.09 bits per heavy atom. The van der Waals surface area contributed by atoms with Crippen LogP contribution in [0.3, 0.4) is 0 Å². The number of nitro benzene ring substituents is 1. The van der Waals surface area contributed by atoms with Crippen molar-refractivity contribution in [3.05, 3.63) is 87.2 Å². The van der Waals surface area contributed by atoms with E-state index in [0.29, 0.717) is 33.5 Å². The summed E-state index contributed by atoms with van der Waals surface area (Å²) in [5.74, 6) is 0.908. The first-order valence-corrected chi connectivity index (χ1v) is 10.3. The standard InChI is InChI=1S/C20H13N7O4S/c28-19-15-10-21-26(13-4-2-1-3-5-13)18(15)23-20(24-19)32-11-16-22-17(25-31-16)12-6-8-14(9-7-12)27(29)30/h1-10H,11H2,(H,23,24,28). The van der Waals surface area contributed by atoms with E-state index in [1.165, 1.54) is 30.1 Å². The lowest BCUT2D eigenvalue weighted by Gasteiger charge is -2.03. The van der Waals surface area contributed by atoms with E-state index in [1.54, 1.807) is 16.8 Å². The summed E-state index contributed by atoms with van der Waals surface area (Å²) < 4.78 is 6.87. The maximum atomic E-state index is 12.5. The molecule has 0 radical (unpaired) electrons. The summed E-state index contributed by atoms with van der Waals surface area (Å²) >= 11 is 1.23. The summed E-state index contributed by atoms with van der Waals surface area (Å²) in [4.78, 5) is 34.3. The van der Waals surface area contributed by atoms with Gasteiger partial charge in [-0.25, -0.2) is 9.67 Å². The third kappa shape index (κ3) is 3.74. The highest BCUT2D eigenvalue weighted by Crippen LogP contribution is 2.23. The number of H-pyrrole nitrogens is 1. The summed E-state index contributed by atoms with van der Waals surface area (Å²) in [5.41, 5.74) is 1.51. The van der Waals surface area contributed by atoms with Crippen LogP contribution in [0.15, 0.2) is 75.3 Å². The molecule has 3 heterocycles. The first-order valence-electron chi connectivity index (χ1n) is 9.32. The predicted molar refractivity (Wildman–Crippen MR) is 115 cm³/mol. The van der Waals surface area contributed by atoms with Gasteiger partial charge in [-0.1, -0.05) is 35.1 Å². The molecule has 0 aliphatic rings. The molecule has 0 bridgehead atoms. The van der Waals surface area contributed by atoms with Crippen molar-refractivity contribution in [2.75, 3.05) is 0 Å². The third-order valence-corrected chi connectivity index (χ3v) is 5.41. The Morgan fingerprint density at radius 3 is 2.62 bits per heavy atom. The van der Waals surface area contributed by atoms with Crippen LogP contribution in [0.2, 0.25) is 0 Å². The number of benzene rings is 2. The molecule has 0 saturated carbocycles. The molecule has 32 heavy (non-hydrogen) atoms. The van der Waals surface area contributed by atoms with Crippen LogP contribution in [-0.4, -0.2) is 34.8 Å². The third-order valence-electron chi connectivity index (χ3n) is 4.55. The van der Waals surface area contributed by atoms with Crippen LogP contribution in [0.5, 0.6) is 0 Å². The Balaban J connectivity index is 1.37. The second kappa shape index (κ2) is 8.07. The van der Waals surface area contributed by atoms with E-state index in [0.717, 1.165) is 5.69 Å². The van der Waals surface area contributed by atoms with E-state index < -0.39 is 4.92 Å². The summed E-state index contributed by atoms with van der Waals surface area (Å²) in [6.07, 6.45) is 1.48. The maximum absolute atomic E-state index is 12.5. The molecule has 0 spiro atoms. The van der Waals surface area contributed by atoms with Gasteiger partial charge in [0.1, 0.15) is 5.39 Å². The molecule has 5 aromatic rings. The van der Waals surface area contributed by atoms with E-state index >= 15 is 0 Å². The molecule has 158 valence electrons. The Morgan fingerprint density at radius 2 is 1.88 bits per heavy atom. The Kier molecular flexibility index (Phi) is 4.95. The monoisotopic (exact) mass is 447 g/mol. The highest BCUT2D eigenvalue weighted by Gasteiger charge is 2.14. The van der Waals surface area contributed by atoms with Gasteiger partial charge in [-0.2, -0.15) is 10.1 Å². The number of thioether (sulfide) groups is 1. The molecule has 11 nitrogen and oxygen atoms in total. The number of nitrogens with one attached hydrogen (secondary N) is 1. The average Bonchev–Trinajstić information content (AvgIpc) is 3.46. The normalized spacial score (nSPS) is 11.1. The maximum Gasteiger partial charge on any atom is 0.269 e. The zero-order chi connectivity index (χ0) is 22.1. The quantitative estimate of drug-likeness (QED) is 0.179. The van der Waals surface area contributed by atoms with Crippen LogP contribution >= 0.6 is 11.8 Å². The van der Waals surface area contributed by atoms with Gasteiger partial charge in [0.15, 0.2) is 10.8 Å². The second-order valence-electron chi connectivity index (χ2n) is 6.60. The minimum absolute atomic E-state index is 0.0202. The summed E-state index contributed by atoms with van der Waals surface area (Å²) in [6, 6.07) is 15.3. The average molecular weight is 447 g/mol. The van der Waals surface area contributed by atoms with E-state index in [9.17, 15) is 14.9 Å². The van der Waals surface area contributed by atoms with Gasteiger partial charge in [-0.15, -0.1) is 0 Å². The number of rotatable bonds is 6. The smallest absolute Gasteiger partial charge is 0.269 e. The lowest BCUT2D eigenvalue weighted by Crippen LogP contribution is -2.09. The first kappa shape index (κ1) is 19.6. The number of hydrogen-bond donors (Lipinski definition) is 1. The molecule has 12 heteroatoms. The Bertz CT molecular complexity index is 1480. The number of nitrogens with zero attached hydrogens (tertiary/aromatic N) is 6. The van der Waals surface area contributed by atoms with Crippen LogP contribution in [0.4, 0.5) is 5.69 Å². The van der Waals surface area contributed by atoms with Crippen molar-refractivity contribution in [2.24, 2.45) is 0 Å². The van der Waals surface area contributed by atoms with Crippen LogP contribution in [0, 0.1) is 10.1 Å². The highest BCUT2D eigenvalue weighted by molar-refractivity contribution is 7.98. The Labute approximate surface area is 183 Å². The van der Waals surface area contributed by atoms with E-state index in [4.69, 9.17) is 4.52 Å². The van der Waals surface area contributed by atoms with Crippen molar-refractivity contribution in [1.82, 2.24) is 29.9 Å². The van der Waals surface area contributed by atoms with Crippen LogP contribution in [-0.2, 0) is 5.75 Å². The molecule has 3 aromatic heterocycles. The fourth-order valence-corrected chi connectivity index (χ4v) is 3.71. The lowest BCUT2D eigenvalue weighted by atomic mass is 10.2. The van der Waals surface area contributed by atoms with Gasteiger partial charge in [0.05, 0.1) is 22.6 Å². The van der Waals surface area contributed by atoms with Gasteiger partial charge in [0.2, 0.25) is 11.7 Å². The molecule has 0 aliphatic carbocycles. The van der Waals surface area contributed by atoms with Crippen LogP contribution < -0.4 is 5.56 Å². The second-order valence-corrected chi connectivity index (χ2v) is 7.57.